The molecule has 0 aliphatic heterocycles. The molecule has 0 bridgehead atoms. The molecule has 26 heavy (non-hydrogen) atoms. The molecule has 3 rings (SSSR count). The van der Waals surface area contributed by atoms with Crippen LogP contribution in [0.2, 0.25) is 5.02 Å². The third-order valence-electron chi connectivity index (χ3n) is 3.93. The monoisotopic (exact) mass is 443 g/mol. The van der Waals surface area contributed by atoms with Crippen LogP contribution in [0.25, 0.3) is 22.2 Å². The molecule has 2 aromatic carbocycles. The summed E-state index contributed by atoms with van der Waals surface area (Å²) in [6.07, 6.45) is -4.51. The number of carbonyl (C=O) groups is 1. The SMILES string of the molecule is Cc1c(-c2cccc(C(F)(F)F)c2)nc2c(Br)cc(Cl)cc2c1C(=O)O. The van der Waals surface area contributed by atoms with Crippen molar-refractivity contribution in [2.75, 3.05) is 0 Å². The molecule has 1 heterocycles. The number of fused-ring (bicyclic) bond motifs is 1. The highest BCUT2D eigenvalue weighted by Gasteiger charge is 2.31. The van der Waals surface area contributed by atoms with Crippen molar-refractivity contribution >= 4 is 44.4 Å². The fourth-order valence-corrected chi connectivity index (χ4v) is 3.68. The molecular formula is C18H10BrClF3NO2. The van der Waals surface area contributed by atoms with E-state index >= 15 is 0 Å². The van der Waals surface area contributed by atoms with Crippen LogP contribution >= 0.6 is 27.5 Å². The van der Waals surface area contributed by atoms with E-state index in [1.54, 1.807) is 6.07 Å². The first kappa shape index (κ1) is 18.7. The van der Waals surface area contributed by atoms with Gasteiger partial charge in [0.25, 0.3) is 0 Å². The van der Waals surface area contributed by atoms with Gasteiger partial charge in [-0.1, -0.05) is 23.7 Å². The molecule has 0 saturated heterocycles. The van der Waals surface area contributed by atoms with Crippen LogP contribution in [0.5, 0.6) is 0 Å². The fourth-order valence-electron chi connectivity index (χ4n) is 2.79. The Morgan fingerprint density at radius 3 is 2.54 bits per heavy atom. The molecule has 0 saturated carbocycles. The van der Waals surface area contributed by atoms with Gasteiger partial charge >= 0.3 is 12.1 Å². The standard InChI is InChI=1S/C18H10BrClF3NO2/c1-8-14(17(25)26)12-6-11(20)7-13(19)16(12)24-15(8)9-3-2-4-10(5-9)18(21,22)23/h2-7H,1H3,(H,25,26). The average molecular weight is 445 g/mol. The Labute approximate surface area is 159 Å². The number of aromatic nitrogens is 1. The maximum absolute atomic E-state index is 13.0. The first-order valence-electron chi connectivity index (χ1n) is 7.30. The van der Waals surface area contributed by atoms with Crippen molar-refractivity contribution in [3.63, 3.8) is 0 Å². The number of alkyl halides is 3. The van der Waals surface area contributed by atoms with Crippen LogP contribution in [0, 0.1) is 6.92 Å². The van der Waals surface area contributed by atoms with Gasteiger partial charge in [0.2, 0.25) is 0 Å². The summed E-state index contributed by atoms with van der Waals surface area (Å²) in [6.45, 7) is 1.51. The molecule has 1 aromatic heterocycles. The Morgan fingerprint density at radius 1 is 1.23 bits per heavy atom. The second-order valence-corrected chi connectivity index (χ2v) is 6.92. The molecule has 0 unspecified atom stereocenters. The lowest BCUT2D eigenvalue weighted by atomic mass is 9.97. The lowest BCUT2D eigenvalue weighted by molar-refractivity contribution is -0.137. The first-order valence-corrected chi connectivity index (χ1v) is 8.47. The topological polar surface area (TPSA) is 50.2 Å². The minimum absolute atomic E-state index is 0.0504. The van der Waals surface area contributed by atoms with Crippen molar-refractivity contribution in [2.24, 2.45) is 0 Å². The Hall–Kier alpha value is -2.12. The molecule has 134 valence electrons. The van der Waals surface area contributed by atoms with Gasteiger partial charge in [0.05, 0.1) is 22.3 Å². The summed E-state index contributed by atoms with van der Waals surface area (Å²) in [5.74, 6) is -1.21. The summed E-state index contributed by atoms with van der Waals surface area (Å²) >= 11 is 9.29. The van der Waals surface area contributed by atoms with E-state index in [2.05, 4.69) is 20.9 Å². The zero-order valence-electron chi connectivity index (χ0n) is 13.2. The summed E-state index contributed by atoms with van der Waals surface area (Å²) in [5.41, 5.74) is 0.0462. The Kier molecular flexibility index (Phi) is 4.71. The van der Waals surface area contributed by atoms with Crippen LogP contribution in [0.15, 0.2) is 40.9 Å². The number of halogens is 5. The van der Waals surface area contributed by atoms with Crippen molar-refractivity contribution in [2.45, 2.75) is 13.1 Å². The molecule has 0 radical (unpaired) electrons. The van der Waals surface area contributed by atoms with Gasteiger partial charge in [0.1, 0.15) is 0 Å². The van der Waals surface area contributed by atoms with Crippen LogP contribution in [0.3, 0.4) is 0 Å². The molecule has 3 aromatic rings. The van der Waals surface area contributed by atoms with Crippen molar-refractivity contribution in [1.82, 2.24) is 4.98 Å². The minimum Gasteiger partial charge on any atom is -0.478 e. The normalized spacial score (nSPS) is 11.8. The number of carboxylic acid groups (broad SMARTS) is 1. The second kappa shape index (κ2) is 6.55. The summed E-state index contributed by atoms with van der Waals surface area (Å²) in [5, 5.41) is 10.3. The highest BCUT2D eigenvalue weighted by atomic mass is 79.9. The second-order valence-electron chi connectivity index (χ2n) is 5.63. The van der Waals surface area contributed by atoms with E-state index < -0.39 is 17.7 Å². The summed E-state index contributed by atoms with van der Waals surface area (Å²) < 4.78 is 39.5. The summed E-state index contributed by atoms with van der Waals surface area (Å²) in [6, 6.07) is 7.66. The highest BCUT2D eigenvalue weighted by Crippen LogP contribution is 2.37. The molecule has 0 aliphatic carbocycles. The van der Waals surface area contributed by atoms with Crippen molar-refractivity contribution in [1.29, 1.82) is 0 Å². The lowest BCUT2D eigenvalue weighted by Crippen LogP contribution is -2.07. The van der Waals surface area contributed by atoms with Crippen LogP contribution in [-0.4, -0.2) is 16.1 Å². The van der Waals surface area contributed by atoms with E-state index in [-0.39, 0.29) is 22.4 Å². The van der Waals surface area contributed by atoms with Gasteiger partial charge in [-0.25, -0.2) is 9.78 Å². The number of carboxylic acids is 1. The predicted molar refractivity (Wildman–Crippen MR) is 96.6 cm³/mol. The van der Waals surface area contributed by atoms with Gasteiger partial charge in [0.15, 0.2) is 0 Å². The van der Waals surface area contributed by atoms with Gasteiger partial charge in [-0.05, 0) is 52.7 Å². The van der Waals surface area contributed by atoms with Crippen molar-refractivity contribution < 1.29 is 23.1 Å². The maximum atomic E-state index is 13.0. The van der Waals surface area contributed by atoms with Crippen LogP contribution in [0.1, 0.15) is 21.5 Å². The average Bonchev–Trinajstić information content (AvgIpc) is 2.53. The van der Waals surface area contributed by atoms with Crippen molar-refractivity contribution in [3.05, 3.63) is 62.6 Å². The highest BCUT2D eigenvalue weighted by molar-refractivity contribution is 9.10. The van der Waals surface area contributed by atoms with E-state index in [0.717, 1.165) is 12.1 Å². The smallest absolute Gasteiger partial charge is 0.416 e. The van der Waals surface area contributed by atoms with Crippen LogP contribution in [-0.2, 0) is 6.18 Å². The number of hydrogen-bond acceptors (Lipinski definition) is 2. The summed E-state index contributed by atoms with van der Waals surface area (Å²) in [4.78, 5) is 16.2. The number of benzene rings is 2. The molecule has 0 spiro atoms. The van der Waals surface area contributed by atoms with E-state index in [1.165, 1.54) is 25.1 Å². The molecule has 0 fully saturated rings. The molecular weight excluding hydrogens is 435 g/mol. The van der Waals surface area contributed by atoms with Gasteiger partial charge in [-0.2, -0.15) is 13.2 Å². The van der Waals surface area contributed by atoms with E-state index in [9.17, 15) is 23.1 Å². The molecule has 0 aliphatic rings. The van der Waals surface area contributed by atoms with E-state index in [1.807, 2.05) is 0 Å². The van der Waals surface area contributed by atoms with E-state index in [4.69, 9.17) is 11.6 Å². The van der Waals surface area contributed by atoms with Crippen molar-refractivity contribution in [3.8, 4) is 11.3 Å². The molecule has 1 N–H and O–H groups in total. The van der Waals surface area contributed by atoms with E-state index in [0.29, 0.717) is 20.4 Å². The number of pyridine rings is 1. The molecule has 8 heteroatoms. The largest absolute Gasteiger partial charge is 0.478 e. The number of nitrogens with zero attached hydrogens (tertiary/aromatic N) is 1. The maximum Gasteiger partial charge on any atom is 0.416 e. The Morgan fingerprint density at radius 2 is 1.92 bits per heavy atom. The number of rotatable bonds is 2. The third-order valence-corrected chi connectivity index (χ3v) is 4.75. The van der Waals surface area contributed by atoms with Gasteiger partial charge < -0.3 is 5.11 Å². The zero-order valence-corrected chi connectivity index (χ0v) is 15.5. The quantitative estimate of drug-likeness (QED) is 0.501. The zero-order chi connectivity index (χ0) is 19.2. The summed E-state index contributed by atoms with van der Waals surface area (Å²) in [7, 11) is 0. The third kappa shape index (κ3) is 3.29. The fraction of sp³-hybridized carbons (Fsp3) is 0.111. The van der Waals surface area contributed by atoms with Gasteiger partial charge in [-0.15, -0.1) is 0 Å². The Bertz CT molecular complexity index is 1050. The Balaban J connectivity index is 2.38. The number of aromatic carboxylic acids is 1. The molecule has 0 atom stereocenters. The van der Waals surface area contributed by atoms with Gasteiger partial charge in [0, 0.05) is 20.4 Å². The molecule has 0 amide bonds. The van der Waals surface area contributed by atoms with Crippen LogP contribution < -0.4 is 0 Å². The lowest BCUT2D eigenvalue weighted by Gasteiger charge is -2.14. The number of hydrogen-bond donors (Lipinski definition) is 1. The molecule has 3 nitrogen and oxygen atoms in total. The van der Waals surface area contributed by atoms with Gasteiger partial charge in [-0.3, -0.25) is 0 Å². The minimum atomic E-state index is -4.51. The first-order chi connectivity index (χ1) is 12.1. The van der Waals surface area contributed by atoms with Crippen LogP contribution in [0.4, 0.5) is 13.2 Å². The predicted octanol–water partition coefficient (Wildman–Crippen LogP) is 6.34.